The smallest absolute Gasteiger partial charge is 0.357 e. The first-order valence-corrected chi connectivity index (χ1v) is 11.9. The Morgan fingerprint density at radius 1 is 1.19 bits per heavy atom. The van der Waals surface area contributed by atoms with E-state index in [4.69, 9.17) is 15.2 Å². The molecule has 1 aliphatic heterocycles. The highest BCUT2D eigenvalue weighted by molar-refractivity contribution is 8.10. The Bertz CT molecular complexity index is 1270. The molecule has 0 amide bonds. The Kier molecular flexibility index (Phi) is 6.03. The summed E-state index contributed by atoms with van der Waals surface area (Å²) < 4.78 is 11.4. The molecule has 0 aromatic carbocycles. The van der Waals surface area contributed by atoms with E-state index in [9.17, 15) is 14.4 Å². The largest absolute Gasteiger partial charge is 0.464 e. The van der Waals surface area contributed by atoms with Gasteiger partial charge in [0.1, 0.15) is 10.2 Å². The van der Waals surface area contributed by atoms with Crippen molar-refractivity contribution in [3.05, 3.63) is 61.0 Å². The minimum atomic E-state index is -0.752. The minimum Gasteiger partial charge on any atom is -0.464 e. The second-order valence-electron chi connectivity index (χ2n) is 6.41. The van der Waals surface area contributed by atoms with Crippen LogP contribution in [-0.2, 0) is 14.3 Å². The van der Waals surface area contributed by atoms with Crippen molar-refractivity contribution >= 4 is 68.9 Å². The van der Waals surface area contributed by atoms with Crippen LogP contribution in [0, 0.1) is 0 Å². The van der Waals surface area contributed by atoms with Crippen molar-refractivity contribution in [1.82, 2.24) is 4.57 Å². The van der Waals surface area contributed by atoms with Gasteiger partial charge in [-0.15, -0.1) is 22.7 Å². The average molecular weight is 475 g/mol. The highest BCUT2D eigenvalue weighted by atomic mass is 32.2. The number of thiophene rings is 2. The Labute approximate surface area is 189 Å². The summed E-state index contributed by atoms with van der Waals surface area (Å²) in [6.07, 6.45) is 1.76. The van der Waals surface area contributed by atoms with Gasteiger partial charge in [-0.1, -0.05) is 23.9 Å². The molecule has 4 rings (SSSR count). The van der Waals surface area contributed by atoms with E-state index in [0.717, 1.165) is 21.5 Å². The zero-order valence-corrected chi connectivity index (χ0v) is 19.1. The van der Waals surface area contributed by atoms with E-state index in [0.29, 0.717) is 5.22 Å². The van der Waals surface area contributed by atoms with Crippen LogP contribution in [0.25, 0.3) is 11.0 Å². The molecule has 2 N–H and O–H groups in total. The first-order valence-electron chi connectivity index (χ1n) is 9.27. The molecule has 0 aliphatic carbocycles. The van der Waals surface area contributed by atoms with Gasteiger partial charge in [-0.25, -0.2) is 9.59 Å². The third kappa shape index (κ3) is 3.71. The SMILES string of the molecule is CCOC(=O)C1=c2/c(=C/c3cccs3)c(N)c(C(=O)OC)n2C(=O)[C@H](c2cccs2)S1. The Morgan fingerprint density at radius 3 is 2.55 bits per heavy atom. The number of aromatic nitrogens is 1. The lowest BCUT2D eigenvalue weighted by molar-refractivity contribution is -0.135. The zero-order chi connectivity index (χ0) is 22.1. The molecule has 1 atom stereocenters. The molecule has 160 valence electrons. The number of nitrogens with two attached hydrogens (primary N) is 1. The molecular weight excluding hydrogens is 456 g/mol. The van der Waals surface area contributed by atoms with Gasteiger partial charge in [-0.2, -0.15) is 0 Å². The minimum absolute atomic E-state index is 0.0813. The Balaban J connectivity index is 2.12. The first-order chi connectivity index (χ1) is 15.0. The summed E-state index contributed by atoms with van der Waals surface area (Å²) in [5.41, 5.74) is 6.36. The number of hydrogen-bond acceptors (Lipinski definition) is 9. The lowest BCUT2D eigenvalue weighted by Crippen LogP contribution is -2.42. The number of nitrogen functional groups attached to an aromatic ring is 1. The van der Waals surface area contributed by atoms with Gasteiger partial charge >= 0.3 is 11.9 Å². The fourth-order valence-electron chi connectivity index (χ4n) is 3.31. The number of esters is 2. The topological polar surface area (TPSA) is 101 Å². The number of ether oxygens (including phenoxy) is 2. The molecule has 0 bridgehead atoms. The molecule has 4 heterocycles. The van der Waals surface area contributed by atoms with E-state index in [2.05, 4.69) is 0 Å². The summed E-state index contributed by atoms with van der Waals surface area (Å²) in [4.78, 5) is 41.0. The van der Waals surface area contributed by atoms with E-state index in [-0.39, 0.29) is 34.1 Å². The van der Waals surface area contributed by atoms with E-state index in [1.807, 2.05) is 35.0 Å². The number of anilines is 1. The van der Waals surface area contributed by atoms with Crippen LogP contribution in [0.2, 0.25) is 0 Å². The summed E-state index contributed by atoms with van der Waals surface area (Å²) in [6, 6.07) is 7.40. The third-order valence-electron chi connectivity index (χ3n) is 4.61. The molecule has 7 nitrogen and oxygen atoms in total. The number of nitrogens with zero attached hydrogens (tertiary/aromatic N) is 1. The van der Waals surface area contributed by atoms with Gasteiger partial charge < -0.3 is 15.2 Å². The average Bonchev–Trinajstić information content (AvgIpc) is 3.51. The number of carbonyl (C=O) groups is 3. The zero-order valence-electron chi connectivity index (χ0n) is 16.6. The number of rotatable bonds is 5. The summed E-state index contributed by atoms with van der Waals surface area (Å²) in [7, 11) is 1.22. The third-order valence-corrected chi connectivity index (χ3v) is 7.81. The molecule has 3 aromatic heterocycles. The highest BCUT2D eigenvalue weighted by Gasteiger charge is 2.38. The molecule has 0 radical (unpaired) electrons. The van der Waals surface area contributed by atoms with Gasteiger partial charge in [-0.05, 0) is 35.9 Å². The van der Waals surface area contributed by atoms with Crippen molar-refractivity contribution < 1.29 is 23.9 Å². The molecular formula is C21H18N2O5S3. The fraction of sp³-hybridized carbons (Fsp3) is 0.190. The molecule has 1 aliphatic rings. The van der Waals surface area contributed by atoms with Crippen LogP contribution < -0.4 is 16.3 Å². The normalized spacial score (nSPS) is 16.3. The van der Waals surface area contributed by atoms with Crippen LogP contribution in [-0.4, -0.2) is 36.1 Å². The van der Waals surface area contributed by atoms with E-state index in [1.165, 1.54) is 34.4 Å². The fourth-order valence-corrected chi connectivity index (χ4v) is 6.08. The lowest BCUT2D eigenvalue weighted by atomic mass is 10.2. The second kappa shape index (κ2) is 8.74. The molecule has 3 aromatic rings. The maximum absolute atomic E-state index is 13.6. The molecule has 0 fully saturated rings. The van der Waals surface area contributed by atoms with E-state index >= 15 is 0 Å². The van der Waals surface area contributed by atoms with Crippen molar-refractivity contribution in [2.45, 2.75) is 12.2 Å². The van der Waals surface area contributed by atoms with Crippen molar-refractivity contribution in [1.29, 1.82) is 0 Å². The standard InChI is InChI=1S/C21H18N2O5S3/c1-3-28-21(26)18-15-12(10-11-6-4-8-29-11)14(22)16(20(25)27-2)23(15)19(24)17(31-18)13-7-5-9-30-13/h4-10,17H,3,22H2,1-2H3/b12-10+/t17-/m0/s1. The lowest BCUT2D eigenvalue weighted by Gasteiger charge is -2.22. The van der Waals surface area contributed by atoms with E-state index in [1.54, 1.807) is 13.0 Å². The van der Waals surface area contributed by atoms with Crippen molar-refractivity contribution in [3.8, 4) is 0 Å². The summed E-state index contributed by atoms with van der Waals surface area (Å²) in [5, 5.41) is 3.71. The van der Waals surface area contributed by atoms with Crippen LogP contribution >= 0.6 is 34.4 Å². The predicted molar refractivity (Wildman–Crippen MR) is 123 cm³/mol. The van der Waals surface area contributed by atoms with Gasteiger partial charge in [-0.3, -0.25) is 9.36 Å². The summed E-state index contributed by atoms with van der Waals surface area (Å²) in [5.74, 6) is -1.69. The van der Waals surface area contributed by atoms with Crippen molar-refractivity contribution in [2.75, 3.05) is 19.5 Å². The van der Waals surface area contributed by atoms with Gasteiger partial charge in [0.15, 0.2) is 5.69 Å². The molecule has 10 heteroatoms. The number of carbonyl (C=O) groups excluding carboxylic acids is 3. The molecule has 0 unspecified atom stereocenters. The maximum atomic E-state index is 13.6. The Hall–Kier alpha value is -2.82. The number of fused-ring (bicyclic) bond motifs is 1. The van der Waals surface area contributed by atoms with Crippen molar-refractivity contribution in [2.24, 2.45) is 0 Å². The van der Waals surface area contributed by atoms with Crippen molar-refractivity contribution in [3.63, 3.8) is 0 Å². The van der Waals surface area contributed by atoms with Crippen LogP contribution in [0.1, 0.15) is 37.2 Å². The maximum Gasteiger partial charge on any atom is 0.357 e. The predicted octanol–water partition coefficient (Wildman–Crippen LogP) is 2.61. The second-order valence-corrected chi connectivity index (χ2v) is 9.49. The van der Waals surface area contributed by atoms with Crippen LogP contribution in [0.3, 0.4) is 0 Å². The Morgan fingerprint density at radius 2 is 1.94 bits per heavy atom. The van der Waals surface area contributed by atoms with Crippen LogP contribution in [0.5, 0.6) is 0 Å². The molecule has 31 heavy (non-hydrogen) atoms. The first kappa shape index (κ1) is 21.4. The van der Waals surface area contributed by atoms with Crippen LogP contribution in [0.4, 0.5) is 5.69 Å². The van der Waals surface area contributed by atoms with E-state index < -0.39 is 17.2 Å². The number of hydrogen-bond donors (Lipinski definition) is 1. The molecule has 0 spiro atoms. The molecule has 0 saturated heterocycles. The van der Waals surface area contributed by atoms with Gasteiger partial charge in [0, 0.05) is 15.0 Å². The summed E-state index contributed by atoms with van der Waals surface area (Å²) in [6.45, 7) is 1.88. The quantitative estimate of drug-likeness (QED) is 0.567. The van der Waals surface area contributed by atoms with Gasteiger partial charge in [0.05, 0.1) is 24.8 Å². The summed E-state index contributed by atoms with van der Waals surface area (Å²) >= 11 is 3.98. The monoisotopic (exact) mass is 474 g/mol. The van der Waals surface area contributed by atoms with Gasteiger partial charge in [0.2, 0.25) is 0 Å². The van der Waals surface area contributed by atoms with Crippen LogP contribution in [0.15, 0.2) is 35.0 Å². The highest BCUT2D eigenvalue weighted by Crippen LogP contribution is 2.41. The molecule has 0 saturated carbocycles. The van der Waals surface area contributed by atoms with Gasteiger partial charge in [0.25, 0.3) is 5.91 Å². The number of methoxy groups -OCH3 is 1. The number of thioether (sulfide) groups is 1.